The van der Waals surface area contributed by atoms with E-state index in [0.29, 0.717) is 13.0 Å². The SMILES string of the molecule is CCC(C(=O)O)N1CC(N)CC1=O. The van der Waals surface area contributed by atoms with Crippen LogP contribution in [0.5, 0.6) is 0 Å². The van der Waals surface area contributed by atoms with Gasteiger partial charge in [0.05, 0.1) is 0 Å². The molecule has 0 aromatic carbocycles. The van der Waals surface area contributed by atoms with Crippen LogP contribution >= 0.6 is 0 Å². The number of nitrogens with zero attached hydrogens (tertiary/aromatic N) is 1. The molecule has 5 heteroatoms. The van der Waals surface area contributed by atoms with Crippen molar-refractivity contribution in [3.05, 3.63) is 0 Å². The molecule has 0 aromatic rings. The highest BCUT2D eigenvalue weighted by molar-refractivity contribution is 5.85. The zero-order valence-corrected chi connectivity index (χ0v) is 7.56. The first-order chi connectivity index (χ1) is 6.06. The van der Waals surface area contributed by atoms with E-state index in [-0.39, 0.29) is 18.4 Å². The standard InChI is InChI=1S/C8H14N2O3/c1-2-6(8(12)13)10-4-5(9)3-7(10)11/h5-6H,2-4,9H2,1H3,(H,12,13). The summed E-state index contributed by atoms with van der Waals surface area (Å²) in [5, 5.41) is 8.80. The molecule has 1 saturated heterocycles. The average Bonchev–Trinajstić information content (AvgIpc) is 2.31. The highest BCUT2D eigenvalue weighted by Gasteiger charge is 2.34. The maximum absolute atomic E-state index is 11.3. The van der Waals surface area contributed by atoms with E-state index >= 15 is 0 Å². The van der Waals surface area contributed by atoms with Gasteiger partial charge in [0.25, 0.3) is 0 Å². The van der Waals surface area contributed by atoms with Crippen LogP contribution in [-0.2, 0) is 9.59 Å². The molecular weight excluding hydrogens is 172 g/mol. The summed E-state index contributed by atoms with van der Waals surface area (Å²) >= 11 is 0. The number of amides is 1. The van der Waals surface area contributed by atoms with Crippen molar-refractivity contribution in [2.24, 2.45) is 5.73 Å². The first-order valence-corrected chi connectivity index (χ1v) is 4.34. The van der Waals surface area contributed by atoms with Gasteiger partial charge in [0, 0.05) is 19.0 Å². The van der Waals surface area contributed by atoms with Crippen LogP contribution in [0.3, 0.4) is 0 Å². The zero-order valence-electron chi connectivity index (χ0n) is 7.56. The monoisotopic (exact) mass is 186 g/mol. The van der Waals surface area contributed by atoms with Gasteiger partial charge in [-0.1, -0.05) is 6.92 Å². The fourth-order valence-electron chi connectivity index (χ4n) is 1.59. The number of rotatable bonds is 3. The molecule has 5 nitrogen and oxygen atoms in total. The second-order valence-electron chi connectivity index (χ2n) is 3.27. The normalized spacial score (nSPS) is 24.9. The number of likely N-dealkylation sites (tertiary alicyclic amines) is 1. The number of carboxylic acid groups (broad SMARTS) is 1. The Morgan fingerprint density at radius 1 is 1.85 bits per heavy atom. The lowest BCUT2D eigenvalue weighted by atomic mass is 10.2. The molecule has 1 fully saturated rings. The van der Waals surface area contributed by atoms with Gasteiger partial charge in [-0.2, -0.15) is 0 Å². The Hall–Kier alpha value is -1.10. The minimum absolute atomic E-state index is 0.151. The van der Waals surface area contributed by atoms with Gasteiger partial charge in [0.15, 0.2) is 0 Å². The van der Waals surface area contributed by atoms with Gasteiger partial charge in [-0.25, -0.2) is 4.79 Å². The molecule has 0 aromatic heterocycles. The lowest BCUT2D eigenvalue weighted by Gasteiger charge is -2.22. The number of nitrogens with two attached hydrogens (primary N) is 1. The Kier molecular flexibility index (Phi) is 2.87. The largest absolute Gasteiger partial charge is 0.480 e. The molecule has 13 heavy (non-hydrogen) atoms. The van der Waals surface area contributed by atoms with Crippen LogP contribution in [0.1, 0.15) is 19.8 Å². The molecular formula is C8H14N2O3. The molecule has 1 heterocycles. The summed E-state index contributed by atoms with van der Waals surface area (Å²) in [6.07, 6.45) is 0.692. The Morgan fingerprint density at radius 3 is 2.77 bits per heavy atom. The molecule has 2 atom stereocenters. The Balaban J connectivity index is 2.69. The van der Waals surface area contributed by atoms with Gasteiger partial charge in [0.2, 0.25) is 5.91 Å². The smallest absolute Gasteiger partial charge is 0.326 e. The minimum atomic E-state index is -0.954. The van der Waals surface area contributed by atoms with Gasteiger partial charge >= 0.3 is 5.97 Å². The Morgan fingerprint density at radius 2 is 2.46 bits per heavy atom. The van der Waals surface area contributed by atoms with Crippen molar-refractivity contribution in [1.82, 2.24) is 4.90 Å². The third-order valence-corrected chi connectivity index (χ3v) is 2.24. The van der Waals surface area contributed by atoms with Gasteiger partial charge in [0.1, 0.15) is 6.04 Å². The predicted octanol–water partition coefficient (Wildman–Crippen LogP) is -0.591. The molecule has 1 aliphatic rings. The van der Waals surface area contributed by atoms with E-state index < -0.39 is 12.0 Å². The fraction of sp³-hybridized carbons (Fsp3) is 0.750. The van der Waals surface area contributed by atoms with Crippen LogP contribution in [0.15, 0.2) is 0 Å². The summed E-state index contributed by atoms with van der Waals surface area (Å²) in [6.45, 7) is 2.11. The molecule has 1 rings (SSSR count). The van der Waals surface area contributed by atoms with Crippen molar-refractivity contribution in [2.75, 3.05) is 6.54 Å². The second-order valence-corrected chi connectivity index (χ2v) is 3.27. The molecule has 0 aliphatic carbocycles. The average molecular weight is 186 g/mol. The lowest BCUT2D eigenvalue weighted by molar-refractivity contribution is -0.148. The number of hydrogen-bond donors (Lipinski definition) is 2. The molecule has 74 valence electrons. The van der Waals surface area contributed by atoms with Crippen molar-refractivity contribution in [3.8, 4) is 0 Å². The van der Waals surface area contributed by atoms with Gasteiger partial charge in [-0.05, 0) is 6.42 Å². The van der Waals surface area contributed by atoms with Crippen molar-refractivity contribution in [2.45, 2.75) is 31.8 Å². The molecule has 1 amide bonds. The first kappa shape index (κ1) is 9.98. The van der Waals surface area contributed by atoms with E-state index in [1.807, 2.05) is 0 Å². The first-order valence-electron chi connectivity index (χ1n) is 4.34. The van der Waals surface area contributed by atoms with Crippen LogP contribution in [0.2, 0.25) is 0 Å². The van der Waals surface area contributed by atoms with E-state index in [2.05, 4.69) is 0 Å². The van der Waals surface area contributed by atoms with E-state index in [4.69, 9.17) is 10.8 Å². The van der Waals surface area contributed by atoms with Crippen LogP contribution in [0, 0.1) is 0 Å². The zero-order chi connectivity index (χ0) is 10.0. The minimum Gasteiger partial charge on any atom is -0.480 e. The van der Waals surface area contributed by atoms with Crippen molar-refractivity contribution < 1.29 is 14.7 Å². The molecule has 1 aliphatic heterocycles. The maximum Gasteiger partial charge on any atom is 0.326 e. The van der Waals surface area contributed by atoms with E-state index in [9.17, 15) is 9.59 Å². The van der Waals surface area contributed by atoms with Crippen LogP contribution < -0.4 is 5.73 Å². The predicted molar refractivity (Wildman–Crippen MR) is 46.0 cm³/mol. The van der Waals surface area contributed by atoms with Crippen LogP contribution in [-0.4, -0.2) is 40.5 Å². The topological polar surface area (TPSA) is 83.6 Å². The van der Waals surface area contributed by atoms with Crippen molar-refractivity contribution >= 4 is 11.9 Å². The number of carboxylic acids is 1. The van der Waals surface area contributed by atoms with Crippen molar-refractivity contribution in [1.29, 1.82) is 0 Å². The van der Waals surface area contributed by atoms with E-state index in [1.54, 1.807) is 6.92 Å². The number of hydrogen-bond acceptors (Lipinski definition) is 3. The van der Waals surface area contributed by atoms with Gasteiger partial charge in [-0.3, -0.25) is 4.79 Å². The van der Waals surface area contributed by atoms with Crippen LogP contribution in [0.25, 0.3) is 0 Å². The number of carbonyl (C=O) groups is 2. The lowest BCUT2D eigenvalue weighted by Crippen LogP contribution is -2.42. The van der Waals surface area contributed by atoms with Gasteiger partial charge in [-0.15, -0.1) is 0 Å². The highest BCUT2D eigenvalue weighted by Crippen LogP contribution is 2.15. The Bertz CT molecular complexity index is 229. The third-order valence-electron chi connectivity index (χ3n) is 2.24. The molecule has 0 spiro atoms. The summed E-state index contributed by atoms with van der Waals surface area (Å²) in [4.78, 5) is 23.4. The molecule has 0 bridgehead atoms. The summed E-state index contributed by atoms with van der Waals surface area (Å²) in [5.41, 5.74) is 5.55. The molecule has 0 radical (unpaired) electrons. The Labute approximate surface area is 76.5 Å². The summed E-state index contributed by atoms with van der Waals surface area (Å²) in [7, 11) is 0. The summed E-state index contributed by atoms with van der Waals surface area (Å²) in [5.74, 6) is -1.10. The molecule has 3 N–H and O–H groups in total. The van der Waals surface area contributed by atoms with Crippen LogP contribution in [0.4, 0.5) is 0 Å². The fourth-order valence-corrected chi connectivity index (χ4v) is 1.59. The van der Waals surface area contributed by atoms with E-state index in [0.717, 1.165) is 0 Å². The highest BCUT2D eigenvalue weighted by atomic mass is 16.4. The molecule has 0 saturated carbocycles. The molecule has 2 unspecified atom stereocenters. The summed E-state index contributed by atoms with van der Waals surface area (Å²) < 4.78 is 0. The summed E-state index contributed by atoms with van der Waals surface area (Å²) in [6, 6.07) is -0.915. The third kappa shape index (κ3) is 1.98. The second kappa shape index (κ2) is 3.74. The van der Waals surface area contributed by atoms with Gasteiger partial charge < -0.3 is 15.7 Å². The number of carbonyl (C=O) groups excluding carboxylic acids is 1. The quantitative estimate of drug-likeness (QED) is 0.617. The number of aliphatic carboxylic acids is 1. The van der Waals surface area contributed by atoms with E-state index in [1.165, 1.54) is 4.90 Å². The van der Waals surface area contributed by atoms with Crippen molar-refractivity contribution in [3.63, 3.8) is 0 Å². The maximum atomic E-state index is 11.3.